The highest BCUT2D eigenvalue weighted by molar-refractivity contribution is 7.98. The van der Waals surface area contributed by atoms with Crippen LogP contribution in [0.3, 0.4) is 0 Å². The number of non-ortho nitro benzene ring substituents is 1. The lowest BCUT2D eigenvalue weighted by Gasteiger charge is -2.26. The van der Waals surface area contributed by atoms with Gasteiger partial charge in [0.2, 0.25) is 17.7 Å². The summed E-state index contributed by atoms with van der Waals surface area (Å²) < 4.78 is 0. The molecule has 0 aromatic heterocycles. The maximum atomic E-state index is 13.4. The number of primary amides is 1. The average molecular weight is 543 g/mol. The van der Waals surface area contributed by atoms with Crippen LogP contribution in [-0.2, 0) is 20.8 Å². The van der Waals surface area contributed by atoms with E-state index in [4.69, 9.17) is 5.73 Å². The van der Waals surface area contributed by atoms with E-state index in [0.29, 0.717) is 5.75 Å². The lowest BCUT2D eigenvalue weighted by Crippen LogP contribution is -2.57. The zero-order valence-corrected chi connectivity index (χ0v) is 21.6. The fraction of sp³-hybridized carbons (Fsp3) is 0.360. The first-order valence-corrected chi connectivity index (χ1v) is 13.3. The molecular formula is C25H30N6O6S. The molecule has 38 heavy (non-hydrogen) atoms. The van der Waals surface area contributed by atoms with Gasteiger partial charge in [0, 0.05) is 30.8 Å². The molecule has 0 aliphatic carbocycles. The van der Waals surface area contributed by atoms with Gasteiger partial charge in [-0.3, -0.25) is 29.3 Å². The summed E-state index contributed by atoms with van der Waals surface area (Å²) in [6, 6.07) is 9.60. The lowest BCUT2D eigenvalue weighted by molar-refractivity contribution is -0.384. The van der Waals surface area contributed by atoms with Crippen LogP contribution in [0.2, 0.25) is 0 Å². The molecule has 4 amide bonds. The van der Waals surface area contributed by atoms with Gasteiger partial charge >= 0.3 is 0 Å². The molecule has 202 valence electrons. The Bertz CT molecular complexity index is 1190. The SMILES string of the molecule is CSCCC1NC(=O)C(Cc2ccccc2)NC(=O)c2cc([N+](=O)[O-])ccc2NCC[C@@H](C(N)=O)NC1=O. The quantitative estimate of drug-likeness (QED) is 0.253. The molecule has 0 saturated carbocycles. The van der Waals surface area contributed by atoms with Crippen molar-refractivity contribution in [1.82, 2.24) is 16.0 Å². The van der Waals surface area contributed by atoms with Crippen molar-refractivity contribution in [2.45, 2.75) is 37.4 Å². The first-order chi connectivity index (χ1) is 18.2. The van der Waals surface area contributed by atoms with E-state index in [1.165, 1.54) is 23.9 Å². The normalized spacial score (nSPS) is 20.6. The van der Waals surface area contributed by atoms with Crippen molar-refractivity contribution in [2.24, 2.45) is 5.73 Å². The molecule has 0 fully saturated rings. The van der Waals surface area contributed by atoms with Gasteiger partial charge in [0.15, 0.2) is 0 Å². The number of hydrogen-bond acceptors (Lipinski definition) is 8. The van der Waals surface area contributed by atoms with Gasteiger partial charge in [0.25, 0.3) is 11.6 Å². The number of carbonyl (C=O) groups excluding carboxylic acids is 4. The Kier molecular flexibility index (Phi) is 10.0. The first-order valence-electron chi connectivity index (χ1n) is 12.0. The summed E-state index contributed by atoms with van der Waals surface area (Å²) in [6.45, 7) is 0.126. The number of anilines is 1. The molecule has 2 unspecified atom stereocenters. The largest absolute Gasteiger partial charge is 0.384 e. The maximum Gasteiger partial charge on any atom is 0.270 e. The van der Waals surface area contributed by atoms with Gasteiger partial charge in [-0.15, -0.1) is 0 Å². The number of amides is 4. The van der Waals surface area contributed by atoms with Crippen LogP contribution < -0.4 is 27.0 Å². The van der Waals surface area contributed by atoms with Crippen molar-refractivity contribution in [3.63, 3.8) is 0 Å². The fourth-order valence-electron chi connectivity index (χ4n) is 3.97. The summed E-state index contributed by atoms with van der Waals surface area (Å²) in [7, 11) is 0. The number of benzene rings is 2. The fourth-order valence-corrected chi connectivity index (χ4v) is 4.44. The van der Waals surface area contributed by atoms with Crippen LogP contribution in [0.15, 0.2) is 48.5 Å². The van der Waals surface area contributed by atoms with Crippen LogP contribution >= 0.6 is 11.8 Å². The zero-order chi connectivity index (χ0) is 27.7. The van der Waals surface area contributed by atoms with Crippen LogP contribution in [-0.4, -0.2) is 65.2 Å². The molecule has 0 saturated heterocycles. The predicted octanol–water partition coefficient (Wildman–Crippen LogP) is 0.960. The number of fused-ring (bicyclic) bond motifs is 1. The topological polar surface area (TPSA) is 186 Å². The van der Waals surface area contributed by atoms with Crippen molar-refractivity contribution < 1.29 is 24.1 Å². The summed E-state index contributed by atoms with van der Waals surface area (Å²) in [5.41, 5.74) is 6.18. The predicted molar refractivity (Wildman–Crippen MR) is 144 cm³/mol. The monoisotopic (exact) mass is 542 g/mol. The van der Waals surface area contributed by atoms with E-state index in [9.17, 15) is 29.3 Å². The van der Waals surface area contributed by atoms with E-state index in [0.717, 1.165) is 11.6 Å². The Morgan fingerprint density at radius 3 is 2.42 bits per heavy atom. The minimum atomic E-state index is -1.10. The molecule has 2 aromatic rings. The van der Waals surface area contributed by atoms with Crippen LogP contribution in [0.25, 0.3) is 0 Å². The van der Waals surface area contributed by atoms with Crippen molar-refractivity contribution in [1.29, 1.82) is 0 Å². The maximum absolute atomic E-state index is 13.4. The summed E-state index contributed by atoms with van der Waals surface area (Å²) in [6.07, 6.45) is 2.33. The lowest BCUT2D eigenvalue weighted by atomic mass is 10.0. The highest BCUT2D eigenvalue weighted by Gasteiger charge is 2.30. The van der Waals surface area contributed by atoms with Gasteiger partial charge in [-0.25, -0.2) is 0 Å². The summed E-state index contributed by atoms with van der Waals surface area (Å²) >= 11 is 1.48. The number of nitro groups is 1. The molecule has 13 heteroatoms. The third-order valence-electron chi connectivity index (χ3n) is 6.02. The van der Waals surface area contributed by atoms with Gasteiger partial charge in [-0.2, -0.15) is 11.8 Å². The minimum Gasteiger partial charge on any atom is -0.384 e. The number of thioether (sulfide) groups is 1. The van der Waals surface area contributed by atoms with E-state index >= 15 is 0 Å². The molecule has 6 N–H and O–H groups in total. The molecule has 3 rings (SSSR count). The number of nitrogens with two attached hydrogens (primary N) is 1. The van der Waals surface area contributed by atoms with Crippen LogP contribution in [0, 0.1) is 10.1 Å². The van der Waals surface area contributed by atoms with Crippen molar-refractivity contribution in [3.8, 4) is 0 Å². The van der Waals surface area contributed by atoms with E-state index in [1.54, 1.807) is 24.3 Å². The molecule has 3 atom stereocenters. The van der Waals surface area contributed by atoms with Gasteiger partial charge in [-0.1, -0.05) is 30.3 Å². The number of rotatable bonds is 7. The van der Waals surface area contributed by atoms with Crippen LogP contribution in [0.4, 0.5) is 11.4 Å². The second kappa shape index (κ2) is 13.4. The zero-order valence-electron chi connectivity index (χ0n) is 20.8. The third kappa shape index (κ3) is 7.68. The van der Waals surface area contributed by atoms with Crippen LogP contribution in [0.1, 0.15) is 28.8 Å². The molecule has 1 aliphatic heterocycles. The minimum absolute atomic E-state index is 0.0410. The Morgan fingerprint density at radius 2 is 1.76 bits per heavy atom. The summed E-state index contributed by atoms with van der Waals surface area (Å²) in [5.74, 6) is -2.09. The number of nitrogens with one attached hydrogen (secondary N) is 4. The third-order valence-corrected chi connectivity index (χ3v) is 6.66. The number of hydrogen-bond donors (Lipinski definition) is 5. The van der Waals surface area contributed by atoms with E-state index in [2.05, 4.69) is 21.3 Å². The van der Waals surface area contributed by atoms with Crippen molar-refractivity contribution >= 4 is 46.8 Å². The molecule has 12 nitrogen and oxygen atoms in total. The highest BCUT2D eigenvalue weighted by atomic mass is 32.2. The summed E-state index contributed by atoms with van der Waals surface area (Å²) in [5, 5.41) is 22.4. The summed E-state index contributed by atoms with van der Waals surface area (Å²) in [4.78, 5) is 62.7. The number of carbonyl (C=O) groups is 4. The molecule has 0 bridgehead atoms. The first kappa shape index (κ1) is 28.4. The number of nitro benzene ring substituents is 1. The molecule has 1 heterocycles. The highest BCUT2D eigenvalue weighted by Crippen LogP contribution is 2.23. The Balaban J connectivity index is 2.03. The van der Waals surface area contributed by atoms with Crippen LogP contribution in [0.5, 0.6) is 0 Å². The standard InChI is InChI=1S/C25H30N6O6S/c1-38-12-10-20-24(34)28-19(22(26)32)9-11-27-18-8-7-16(31(36)37)14-17(18)23(33)30-21(25(35)29-20)13-15-5-3-2-4-6-15/h2-8,14,19-21,27H,9-13H2,1H3,(H2,26,32)(H,28,34)(H,29,35)(H,30,33)/t19-,20?,21?/m0/s1. The van der Waals surface area contributed by atoms with E-state index in [-0.39, 0.29) is 42.7 Å². The molecular weight excluding hydrogens is 512 g/mol. The average Bonchev–Trinajstić information content (AvgIpc) is 2.89. The Hall–Kier alpha value is -4.13. The van der Waals surface area contributed by atoms with Gasteiger partial charge in [0.1, 0.15) is 18.1 Å². The molecule has 2 aromatic carbocycles. The molecule has 0 spiro atoms. The number of nitrogens with zero attached hydrogens (tertiary/aromatic N) is 1. The smallest absolute Gasteiger partial charge is 0.270 e. The molecule has 1 aliphatic rings. The second-order valence-electron chi connectivity index (χ2n) is 8.72. The van der Waals surface area contributed by atoms with E-state index < -0.39 is 46.7 Å². The van der Waals surface area contributed by atoms with Gasteiger partial charge in [-0.05, 0) is 36.5 Å². The van der Waals surface area contributed by atoms with Crippen molar-refractivity contribution in [3.05, 3.63) is 69.8 Å². The van der Waals surface area contributed by atoms with Gasteiger partial charge in [0.05, 0.1) is 10.5 Å². The Morgan fingerprint density at radius 1 is 1.05 bits per heavy atom. The van der Waals surface area contributed by atoms with E-state index in [1.807, 2.05) is 12.3 Å². The molecule has 0 radical (unpaired) electrons. The van der Waals surface area contributed by atoms with Crippen molar-refractivity contribution in [2.75, 3.05) is 23.9 Å². The Labute approximate surface area is 223 Å². The van der Waals surface area contributed by atoms with Gasteiger partial charge < -0.3 is 27.0 Å². The second-order valence-corrected chi connectivity index (χ2v) is 9.71.